The van der Waals surface area contributed by atoms with E-state index in [0.717, 1.165) is 5.56 Å². The highest BCUT2D eigenvalue weighted by atomic mass is 32.1. The molecule has 3 heteroatoms. The second-order valence-electron chi connectivity index (χ2n) is 2.05. The molecule has 1 heterocycles. The first-order valence-electron chi connectivity index (χ1n) is 3.46. The Morgan fingerprint density at radius 3 is 3.17 bits per heavy atom. The van der Waals surface area contributed by atoms with Crippen LogP contribution in [-0.2, 0) is 0 Å². The van der Waals surface area contributed by atoms with Crippen molar-refractivity contribution >= 4 is 12.6 Å². The second kappa shape index (κ2) is 4.68. The Morgan fingerprint density at radius 2 is 2.50 bits per heavy atom. The van der Waals surface area contributed by atoms with Crippen LogP contribution in [0.25, 0.3) is 0 Å². The zero-order chi connectivity index (χ0) is 8.81. The van der Waals surface area contributed by atoms with Crippen molar-refractivity contribution in [3.05, 3.63) is 23.9 Å². The molecule has 1 rings (SSSR count). The highest BCUT2D eigenvalue weighted by molar-refractivity contribution is 7.80. The summed E-state index contributed by atoms with van der Waals surface area (Å²) in [4.78, 5) is 3.96. The zero-order valence-electron chi connectivity index (χ0n) is 6.74. The van der Waals surface area contributed by atoms with Crippen LogP contribution in [0.15, 0.2) is 18.3 Å². The lowest BCUT2D eigenvalue weighted by Crippen LogP contribution is -1.87. The lowest BCUT2D eigenvalue weighted by molar-refractivity contribution is 0.398. The predicted octanol–water partition coefficient (Wildman–Crippen LogP) is 1.37. The van der Waals surface area contributed by atoms with E-state index in [2.05, 4.69) is 29.5 Å². The largest absolute Gasteiger partial charge is 0.481 e. The Morgan fingerprint density at radius 1 is 1.67 bits per heavy atom. The van der Waals surface area contributed by atoms with Crippen molar-refractivity contribution in [2.24, 2.45) is 0 Å². The maximum Gasteiger partial charge on any atom is 0.214 e. The van der Waals surface area contributed by atoms with Crippen molar-refractivity contribution in [2.75, 3.05) is 12.9 Å². The molecule has 0 radical (unpaired) electrons. The van der Waals surface area contributed by atoms with Gasteiger partial charge in [-0.1, -0.05) is 11.8 Å². The SMILES string of the molecule is COc1cc(C#CCS)ccn1. The molecule has 0 N–H and O–H groups in total. The summed E-state index contributed by atoms with van der Waals surface area (Å²) < 4.78 is 4.94. The van der Waals surface area contributed by atoms with Gasteiger partial charge in [0.2, 0.25) is 5.88 Å². The predicted molar refractivity (Wildman–Crippen MR) is 51.5 cm³/mol. The standard InChI is InChI=1S/C9H9NOS/c1-11-9-7-8(3-2-6-12)4-5-10-9/h4-5,7,12H,6H2,1H3. The van der Waals surface area contributed by atoms with E-state index in [9.17, 15) is 0 Å². The van der Waals surface area contributed by atoms with Gasteiger partial charge in [0.15, 0.2) is 0 Å². The molecule has 2 nitrogen and oxygen atoms in total. The Labute approximate surface area is 77.4 Å². The molecular weight excluding hydrogens is 170 g/mol. The molecule has 0 atom stereocenters. The molecule has 0 aliphatic carbocycles. The molecule has 1 aromatic heterocycles. The third kappa shape index (κ3) is 2.48. The van der Waals surface area contributed by atoms with Crippen molar-refractivity contribution in [1.29, 1.82) is 0 Å². The number of thiol groups is 1. The van der Waals surface area contributed by atoms with Crippen molar-refractivity contribution in [3.63, 3.8) is 0 Å². The molecule has 62 valence electrons. The van der Waals surface area contributed by atoms with E-state index >= 15 is 0 Å². The van der Waals surface area contributed by atoms with E-state index in [4.69, 9.17) is 4.74 Å². The number of pyridine rings is 1. The molecule has 0 saturated carbocycles. The van der Waals surface area contributed by atoms with Crippen molar-refractivity contribution in [3.8, 4) is 17.7 Å². The molecular formula is C9H9NOS. The number of rotatable bonds is 1. The fraction of sp³-hybridized carbons (Fsp3) is 0.222. The van der Waals surface area contributed by atoms with E-state index < -0.39 is 0 Å². The van der Waals surface area contributed by atoms with Gasteiger partial charge in [-0.25, -0.2) is 4.98 Å². The minimum absolute atomic E-state index is 0.560. The summed E-state index contributed by atoms with van der Waals surface area (Å²) in [5.41, 5.74) is 0.899. The topological polar surface area (TPSA) is 22.1 Å². The van der Waals surface area contributed by atoms with E-state index in [0.29, 0.717) is 11.6 Å². The third-order valence-electron chi connectivity index (χ3n) is 1.26. The van der Waals surface area contributed by atoms with Gasteiger partial charge in [0, 0.05) is 17.8 Å². The highest BCUT2D eigenvalue weighted by Crippen LogP contribution is 2.06. The van der Waals surface area contributed by atoms with Gasteiger partial charge in [-0.15, -0.1) is 0 Å². The van der Waals surface area contributed by atoms with Gasteiger partial charge in [-0.05, 0) is 6.07 Å². The van der Waals surface area contributed by atoms with E-state index in [-0.39, 0.29) is 0 Å². The average molecular weight is 179 g/mol. The van der Waals surface area contributed by atoms with Crippen molar-refractivity contribution in [1.82, 2.24) is 4.98 Å². The third-order valence-corrected chi connectivity index (χ3v) is 1.41. The van der Waals surface area contributed by atoms with Crippen LogP contribution in [0.2, 0.25) is 0 Å². The molecule has 0 bridgehead atoms. The summed E-state index contributed by atoms with van der Waals surface area (Å²) in [5.74, 6) is 6.91. The van der Waals surface area contributed by atoms with E-state index in [1.807, 2.05) is 6.07 Å². The van der Waals surface area contributed by atoms with Gasteiger partial charge < -0.3 is 4.74 Å². The lowest BCUT2D eigenvalue weighted by atomic mass is 10.3. The van der Waals surface area contributed by atoms with Crippen LogP contribution < -0.4 is 4.74 Å². The minimum atomic E-state index is 0.560. The van der Waals surface area contributed by atoms with Crippen LogP contribution in [0, 0.1) is 11.8 Å². The van der Waals surface area contributed by atoms with Crippen LogP contribution in [0.3, 0.4) is 0 Å². The Balaban J connectivity index is 2.86. The second-order valence-corrected chi connectivity index (χ2v) is 2.36. The number of nitrogens with zero attached hydrogens (tertiary/aromatic N) is 1. The first-order chi connectivity index (χ1) is 5.86. The van der Waals surface area contributed by atoms with Gasteiger partial charge in [0.05, 0.1) is 12.9 Å². The fourth-order valence-electron chi connectivity index (χ4n) is 0.740. The molecule has 12 heavy (non-hydrogen) atoms. The summed E-state index contributed by atoms with van der Waals surface area (Å²) in [7, 11) is 1.58. The van der Waals surface area contributed by atoms with Gasteiger partial charge in [-0.3, -0.25) is 0 Å². The average Bonchev–Trinajstić information content (AvgIpc) is 2.15. The number of methoxy groups -OCH3 is 1. The molecule has 0 aliphatic heterocycles. The van der Waals surface area contributed by atoms with E-state index in [1.165, 1.54) is 0 Å². The summed E-state index contributed by atoms with van der Waals surface area (Å²) >= 11 is 3.98. The summed E-state index contributed by atoms with van der Waals surface area (Å²) in [6, 6.07) is 3.62. The fourth-order valence-corrected chi connectivity index (χ4v) is 0.819. The number of hydrogen-bond acceptors (Lipinski definition) is 3. The maximum atomic E-state index is 4.94. The Bertz CT molecular complexity index is 314. The molecule has 0 fully saturated rings. The molecule has 0 aliphatic rings. The zero-order valence-corrected chi connectivity index (χ0v) is 7.64. The van der Waals surface area contributed by atoms with Crippen LogP contribution in [0.5, 0.6) is 5.88 Å². The Kier molecular flexibility index (Phi) is 3.49. The number of aromatic nitrogens is 1. The van der Waals surface area contributed by atoms with Gasteiger partial charge in [0.25, 0.3) is 0 Å². The smallest absolute Gasteiger partial charge is 0.214 e. The molecule has 0 aromatic carbocycles. The van der Waals surface area contributed by atoms with Crippen LogP contribution in [0.4, 0.5) is 0 Å². The van der Waals surface area contributed by atoms with Crippen LogP contribution >= 0.6 is 12.6 Å². The summed E-state index contributed by atoms with van der Waals surface area (Å²) in [6.07, 6.45) is 1.67. The van der Waals surface area contributed by atoms with Crippen LogP contribution in [-0.4, -0.2) is 17.8 Å². The summed E-state index contributed by atoms with van der Waals surface area (Å²) in [5, 5.41) is 0. The van der Waals surface area contributed by atoms with E-state index in [1.54, 1.807) is 19.4 Å². The number of ether oxygens (including phenoxy) is 1. The van der Waals surface area contributed by atoms with Gasteiger partial charge in [-0.2, -0.15) is 12.6 Å². The quantitative estimate of drug-likeness (QED) is 0.519. The van der Waals surface area contributed by atoms with Crippen molar-refractivity contribution < 1.29 is 4.74 Å². The number of hydrogen-bond donors (Lipinski definition) is 1. The van der Waals surface area contributed by atoms with Gasteiger partial charge in [0.1, 0.15) is 0 Å². The molecule has 0 saturated heterocycles. The van der Waals surface area contributed by atoms with Crippen molar-refractivity contribution in [2.45, 2.75) is 0 Å². The highest BCUT2D eigenvalue weighted by Gasteiger charge is 1.91. The summed E-state index contributed by atoms with van der Waals surface area (Å²) in [6.45, 7) is 0. The molecule has 0 unspecified atom stereocenters. The Hall–Kier alpha value is -1.14. The molecule has 1 aromatic rings. The lowest BCUT2D eigenvalue weighted by Gasteiger charge is -1.96. The molecule has 0 spiro atoms. The monoisotopic (exact) mass is 179 g/mol. The molecule has 0 amide bonds. The minimum Gasteiger partial charge on any atom is -0.481 e. The normalized spacial score (nSPS) is 8.50. The van der Waals surface area contributed by atoms with Gasteiger partial charge >= 0.3 is 0 Å². The first kappa shape index (κ1) is 8.95. The van der Waals surface area contributed by atoms with Crippen LogP contribution in [0.1, 0.15) is 5.56 Å². The first-order valence-corrected chi connectivity index (χ1v) is 4.10. The maximum absolute atomic E-state index is 4.94.